The van der Waals surface area contributed by atoms with Crippen LogP contribution in [0.2, 0.25) is 0 Å². The van der Waals surface area contributed by atoms with Gasteiger partial charge in [0, 0.05) is 0 Å². The van der Waals surface area contributed by atoms with Gasteiger partial charge in [0.05, 0.1) is 18.1 Å². The Hall–Kier alpha value is -0.810. The van der Waals surface area contributed by atoms with Crippen LogP contribution in [-0.2, 0) is 0 Å². The van der Waals surface area contributed by atoms with Crippen molar-refractivity contribution in [1.29, 1.82) is 5.26 Å². The molecule has 0 aromatic heterocycles. The fraction of sp³-hybridized carbons (Fsp3) is 0.727. The average molecular weight is 179 g/mol. The van der Waals surface area contributed by atoms with Gasteiger partial charge in [-0.25, -0.2) is 0 Å². The van der Waals surface area contributed by atoms with Gasteiger partial charge in [0.15, 0.2) is 0 Å². The first-order valence-electron chi connectivity index (χ1n) is 4.81. The van der Waals surface area contributed by atoms with Gasteiger partial charge in [-0.2, -0.15) is 5.26 Å². The van der Waals surface area contributed by atoms with E-state index in [1.807, 2.05) is 6.07 Å². The molecule has 2 unspecified atom stereocenters. The van der Waals surface area contributed by atoms with Crippen LogP contribution < -0.4 is 0 Å². The molecule has 0 saturated heterocycles. The summed E-state index contributed by atoms with van der Waals surface area (Å²) < 4.78 is 0. The van der Waals surface area contributed by atoms with Gasteiger partial charge in [-0.15, -0.1) is 0 Å². The summed E-state index contributed by atoms with van der Waals surface area (Å²) >= 11 is 0. The highest BCUT2D eigenvalue weighted by atomic mass is 16.3. The normalized spacial score (nSPS) is 27.2. The second-order valence-corrected chi connectivity index (χ2v) is 4.21. The molecule has 1 aliphatic carbocycles. The predicted molar refractivity (Wildman–Crippen MR) is 52.0 cm³/mol. The fourth-order valence-electron chi connectivity index (χ4n) is 1.83. The van der Waals surface area contributed by atoms with Crippen LogP contribution in [0.15, 0.2) is 11.6 Å². The maximum absolute atomic E-state index is 9.97. The number of aliphatic hydroxyl groups is 1. The van der Waals surface area contributed by atoms with Crippen LogP contribution in [0.25, 0.3) is 0 Å². The largest absolute Gasteiger partial charge is 0.389 e. The Balaban J connectivity index is 2.59. The van der Waals surface area contributed by atoms with Crippen LogP contribution in [-0.4, -0.2) is 10.7 Å². The molecule has 0 spiro atoms. The summed E-state index contributed by atoms with van der Waals surface area (Å²) in [5.41, 5.74) is 0.607. The van der Waals surface area contributed by atoms with E-state index in [9.17, 15) is 5.11 Å². The zero-order chi connectivity index (χ0) is 9.90. The molecule has 72 valence electrons. The van der Waals surface area contributed by atoms with Gasteiger partial charge < -0.3 is 5.11 Å². The molecule has 0 aromatic carbocycles. The monoisotopic (exact) mass is 179 g/mol. The summed E-state index contributed by atoms with van der Waals surface area (Å²) in [6, 6.07) is 2.05. The molecule has 0 amide bonds. The predicted octanol–water partition coefficient (Wildman–Crippen LogP) is 2.40. The lowest BCUT2D eigenvalue weighted by Gasteiger charge is -2.32. The van der Waals surface area contributed by atoms with E-state index >= 15 is 0 Å². The van der Waals surface area contributed by atoms with Crippen molar-refractivity contribution < 1.29 is 5.11 Å². The Morgan fingerprint density at radius 2 is 2.46 bits per heavy atom. The third kappa shape index (κ3) is 2.57. The van der Waals surface area contributed by atoms with Crippen LogP contribution in [0.4, 0.5) is 0 Å². The number of hydrogen-bond donors (Lipinski definition) is 1. The quantitative estimate of drug-likeness (QED) is 0.661. The summed E-state index contributed by atoms with van der Waals surface area (Å²) in [5.74, 6) is 0.260. The summed E-state index contributed by atoms with van der Waals surface area (Å²) in [7, 11) is 0. The van der Waals surface area contributed by atoms with Crippen molar-refractivity contribution >= 4 is 0 Å². The molecular weight excluding hydrogens is 162 g/mol. The van der Waals surface area contributed by atoms with Crippen molar-refractivity contribution in [3.63, 3.8) is 0 Å². The maximum atomic E-state index is 9.97. The van der Waals surface area contributed by atoms with E-state index in [1.165, 1.54) is 5.57 Å². The molecule has 2 atom stereocenters. The Labute approximate surface area is 79.9 Å². The molecule has 2 nitrogen and oxygen atoms in total. The molecule has 13 heavy (non-hydrogen) atoms. The lowest BCUT2D eigenvalue weighted by molar-refractivity contribution is -0.00104. The standard InChI is InChI=1S/C11H17NO/c1-9-3-5-10(6-4-9)11(2,13)7-8-12/h3,10,13H,4-7H2,1-2H3. The van der Waals surface area contributed by atoms with Gasteiger partial charge in [0.2, 0.25) is 0 Å². The number of allylic oxidation sites excluding steroid dienone is 2. The third-order valence-electron chi connectivity index (χ3n) is 2.95. The van der Waals surface area contributed by atoms with E-state index in [2.05, 4.69) is 13.0 Å². The molecule has 1 aliphatic rings. The van der Waals surface area contributed by atoms with Crippen LogP contribution in [0.1, 0.15) is 39.5 Å². The second-order valence-electron chi connectivity index (χ2n) is 4.21. The molecule has 1 rings (SSSR count). The highest BCUT2D eigenvalue weighted by molar-refractivity contribution is 5.06. The van der Waals surface area contributed by atoms with Crippen molar-refractivity contribution in [2.45, 2.75) is 45.1 Å². The first kappa shape index (κ1) is 10.3. The fourth-order valence-corrected chi connectivity index (χ4v) is 1.83. The van der Waals surface area contributed by atoms with Gasteiger partial charge in [-0.3, -0.25) is 0 Å². The molecule has 2 heteroatoms. The van der Waals surface area contributed by atoms with Gasteiger partial charge in [0.1, 0.15) is 0 Å². The Bertz CT molecular complexity index is 247. The zero-order valence-corrected chi connectivity index (χ0v) is 8.38. The first-order valence-corrected chi connectivity index (χ1v) is 4.81. The molecular formula is C11H17NO. The first-order chi connectivity index (χ1) is 6.06. The zero-order valence-electron chi connectivity index (χ0n) is 8.38. The third-order valence-corrected chi connectivity index (χ3v) is 2.95. The minimum atomic E-state index is -0.800. The molecule has 0 aromatic rings. The van der Waals surface area contributed by atoms with Crippen LogP contribution in [0.3, 0.4) is 0 Å². The summed E-state index contributed by atoms with van der Waals surface area (Å²) in [6.45, 7) is 3.89. The summed E-state index contributed by atoms with van der Waals surface area (Å²) in [6.07, 6.45) is 5.41. The van der Waals surface area contributed by atoms with Crippen molar-refractivity contribution in [3.05, 3.63) is 11.6 Å². The van der Waals surface area contributed by atoms with Crippen molar-refractivity contribution in [1.82, 2.24) is 0 Å². The van der Waals surface area contributed by atoms with Crippen LogP contribution in [0, 0.1) is 17.2 Å². The van der Waals surface area contributed by atoms with Gasteiger partial charge in [0.25, 0.3) is 0 Å². The van der Waals surface area contributed by atoms with Crippen LogP contribution >= 0.6 is 0 Å². The van der Waals surface area contributed by atoms with E-state index in [1.54, 1.807) is 6.92 Å². The van der Waals surface area contributed by atoms with E-state index in [0.717, 1.165) is 19.3 Å². The van der Waals surface area contributed by atoms with Crippen molar-refractivity contribution in [3.8, 4) is 6.07 Å². The summed E-state index contributed by atoms with van der Waals surface area (Å²) in [4.78, 5) is 0. The number of nitrogens with zero attached hydrogens (tertiary/aromatic N) is 1. The lowest BCUT2D eigenvalue weighted by Crippen LogP contribution is -2.34. The Morgan fingerprint density at radius 1 is 1.77 bits per heavy atom. The Morgan fingerprint density at radius 3 is 2.92 bits per heavy atom. The maximum Gasteiger partial charge on any atom is 0.0780 e. The summed E-state index contributed by atoms with van der Waals surface area (Å²) in [5, 5.41) is 18.5. The van der Waals surface area contributed by atoms with Crippen LogP contribution in [0.5, 0.6) is 0 Å². The van der Waals surface area contributed by atoms with E-state index in [-0.39, 0.29) is 12.3 Å². The van der Waals surface area contributed by atoms with Gasteiger partial charge >= 0.3 is 0 Å². The molecule has 0 aliphatic heterocycles. The van der Waals surface area contributed by atoms with Crippen molar-refractivity contribution in [2.75, 3.05) is 0 Å². The lowest BCUT2D eigenvalue weighted by atomic mass is 9.77. The second kappa shape index (κ2) is 3.93. The molecule has 0 fully saturated rings. The minimum Gasteiger partial charge on any atom is -0.389 e. The van der Waals surface area contributed by atoms with E-state index < -0.39 is 5.60 Å². The highest BCUT2D eigenvalue weighted by Crippen LogP contribution is 2.33. The SMILES string of the molecule is CC1=CCC(C(C)(O)CC#N)CC1. The molecule has 0 saturated carbocycles. The number of hydrogen-bond acceptors (Lipinski definition) is 2. The van der Waals surface area contributed by atoms with Crippen molar-refractivity contribution in [2.24, 2.45) is 5.92 Å². The van der Waals surface area contributed by atoms with Gasteiger partial charge in [-0.05, 0) is 39.0 Å². The topological polar surface area (TPSA) is 44.0 Å². The Kier molecular flexibility index (Phi) is 3.11. The smallest absolute Gasteiger partial charge is 0.0780 e. The molecule has 1 N–H and O–H groups in total. The van der Waals surface area contributed by atoms with E-state index in [4.69, 9.17) is 5.26 Å². The number of nitriles is 1. The number of rotatable bonds is 2. The van der Waals surface area contributed by atoms with Gasteiger partial charge in [-0.1, -0.05) is 11.6 Å². The molecule has 0 heterocycles. The molecule has 0 bridgehead atoms. The minimum absolute atomic E-state index is 0.241. The highest BCUT2D eigenvalue weighted by Gasteiger charge is 2.31. The molecule has 0 radical (unpaired) electrons. The average Bonchev–Trinajstić information content (AvgIpc) is 2.05. The van der Waals surface area contributed by atoms with E-state index in [0.29, 0.717) is 0 Å².